The highest BCUT2D eigenvalue weighted by Crippen LogP contribution is 2.34. The lowest BCUT2D eigenvalue weighted by molar-refractivity contribution is -0.384. The molecule has 7 nitrogen and oxygen atoms in total. The number of piperidine rings is 1. The van der Waals surface area contributed by atoms with Crippen molar-refractivity contribution in [3.63, 3.8) is 0 Å². The number of carbonyl (C=O) groups is 1. The minimum absolute atomic E-state index is 0.00849. The second kappa shape index (κ2) is 8.29. The normalized spacial score (nSPS) is 20.4. The van der Waals surface area contributed by atoms with Gasteiger partial charge in [-0.3, -0.25) is 14.9 Å². The van der Waals surface area contributed by atoms with Gasteiger partial charge in [0, 0.05) is 44.9 Å². The molecule has 0 bridgehead atoms. The van der Waals surface area contributed by atoms with E-state index in [9.17, 15) is 14.9 Å². The van der Waals surface area contributed by atoms with Gasteiger partial charge in [0.2, 0.25) is 0 Å². The van der Waals surface area contributed by atoms with Gasteiger partial charge in [-0.1, -0.05) is 13.8 Å². The maximum atomic E-state index is 12.5. The van der Waals surface area contributed by atoms with Gasteiger partial charge in [-0.2, -0.15) is 0 Å². The SMILES string of the molecule is CNCCN(C)C(=O)c1ccc(N2CC(C)CC(C)C2)c([N+](=O)[O-])c1. The van der Waals surface area contributed by atoms with Crippen LogP contribution in [0.25, 0.3) is 0 Å². The molecule has 0 aliphatic carbocycles. The molecule has 0 saturated carbocycles. The number of hydrogen-bond donors (Lipinski definition) is 1. The minimum atomic E-state index is -0.385. The Balaban J connectivity index is 2.28. The number of nitrogens with one attached hydrogen (secondary N) is 1. The molecule has 1 amide bonds. The van der Waals surface area contributed by atoms with Crippen molar-refractivity contribution >= 4 is 17.3 Å². The monoisotopic (exact) mass is 348 g/mol. The molecule has 0 aromatic heterocycles. The summed E-state index contributed by atoms with van der Waals surface area (Å²) in [5.41, 5.74) is 0.971. The van der Waals surface area contributed by atoms with E-state index in [-0.39, 0.29) is 16.5 Å². The van der Waals surface area contributed by atoms with Crippen LogP contribution in [0.1, 0.15) is 30.6 Å². The highest BCUT2D eigenvalue weighted by Gasteiger charge is 2.28. The predicted molar refractivity (Wildman–Crippen MR) is 99.1 cm³/mol. The first-order valence-corrected chi connectivity index (χ1v) is 8.77. The molecule has 1 aromatic carbocycles. The second-order valence-corrected chi connectivity index (χ2v) is 7.14. The second-order valence-electron chi connectivity index (χ2n) is 7.14. The van der Waals surface area contributed by atoms with Crippen molar-refractivity contribution in [2.75, 3.05) is 45.2 Å². The Morgan fingerprint density at radius 3 is 2.56 bits per heavy atom. The third-order valence-electron chi connectivity index (χ3n) is 4.67. The Labute approximate surface area is 149 Å². The molecule has 1 N–H and O–H groups in total. The minimum Gasteiger partial charge on any atom is -0.365 e. The summed E-state index contributed by atoms with van der Waals surface area (Å²) in [6.07, 6.45) is 1.14. The van der Waals surface area contributed by atoms with E-state index in [1.807, 2.05) is 7.05 Å². The average molecular weight is 348 g/mol. The molecule has 1 fully saturated rings. The van der Waals surface area contributed by atoms with Crippen LogP contribution in [0.2, 0.25) is 0 Å². The van der Waals surface area contributed by atoms with E-state index in [2.05, 4.69) is 24.1 Å². The molecule has 2 unspecified atom stereocenters. The quantitative estimate of drug-likeness (QED) is 0.631. The summed E-state index contributed by atoms with van der Waals surface area (Å²) in [6, 6.07) is 4.84. The zero-order valence-corrected chi connectivity index (χ0v) is 15.5. The molecular weight excluding hydrogens is 320 g/mol. The van der Waals surface area contributed by atoms with Gasteiger partial charge in [-0.05, 0) is 37.4 Å². The molecule has 1 aliphatic rings. The summed E-state index contributed by atoms with van der Waals surface area (Å²) in [6.45, 7) is 7.17. The van der Waals surface area contributed by atoms with Gasteiger partial charge in [0.25, 0.3) is 11.6 Å². The third kappa shape index (κ3) is 4.69. The van der Waals surface area contributed by atoms with Crippen molar-refractivity contribution in [2.45, 2.75) is 20.3 Å². The van der Waals surface area contributed by atoms with Gasteiger partial charge in [-0.15, -0.1) is 0 Å². The van der Waals surface area contributed by atoms with Crippen LogP contribution in [0.3, 0.4) is 0 Å². The van der Waals surface area contributed by atoms with Gasteiger partial charge in [0.15, 0.2) is 0 Å². The van der Waals surface area contributed by atoms with Gasteiger partial charge in [-0.25, -0.2) is 0 Å². The van der Waals surface area contributed by atoms with Crippen LogP contribution in [0.5, 0.6) is 0 Å². The van der Waals surface area contributed by atoms with Crippen LogP contribution < -0.4 is 10.2 Å². The number of amides is 1. The molecule has 1 heterocycles. The number of nitrogens with zero attached hydrogens (tertiary/aromatic N) is 3. The van der Waals surface area contributed by atoms with E-state index in [1.165, 1.54) is 6.07 Å². The summed E-state index contributed by atoms with van der Waals surface area (Å²) < 4.78 is 0. The highest BCUT2D eigenvalue weighted by molar-refractivity contribution is 5.95. The van der Waals surface area contributed by atoms with Crippen LogP contribution in [0.4, 0.5) is 11.4 Å². The van der Waals surface area contributed by atoms with Crippen molar-refractivity contribution in [2.24, 2.45) is 11.8 Å². The predicted octanol–water partition coefficient (Wildman–Crippen LogP) is 2.37. The molecule has 1 aromatic rings. The van der Waals surface area contributed by atoms with E-state index in [0.717, 1.165) is 19.5 Å². The molecule has 7 heteroatoms. The Morgan fingerprint density at radius 1 is 1.36 bits per heavy atom. The molecule has 1 aliphatic heterocycles. The maximum absolute atomic E-state index is 12.5. The smallest absolute Gasteiger partial charge is 0.293 e. The fourth-order valence-electron chi connectivity index (χ4n) is 3.53. The first kappa shape index (κ1) is 19.2. The highest BCUT2D eigenvalue weighted by atomic mass is 16.6. The van der Waals surface area contributed by atoms with Crippen molar-refractivity contribution < 1.29 is 9.72 Å². The first-order valence-electron chi connectivity index (χ1n) is 8.77. The van der Waals surface area contributed by atoms with E-state index < -0.39 is 0 Å². The summed E-state index contributed by atoms with van der Waals surface area (Å²) in [5.74, 6) is 0.792. The standard InChI is InChI=1S/C18H28N4O3/c1-13-9-14(2)12-21(11-13)16-6-5-15(10-17(16)22(24)25)18(23)20(4)8-7-19-3/h5-6,10,13-14,19H,7-9,11-12H2,1-4H3. The zero-order chi connectivity index (χ0) is 18.6. The van der Waals surface area contributed by atoms with Crippen molar-refractivity contribution in [1.82, 2.24) is 10.2 Å². The van der Waals surface area contributed by atoms with Crippen LogP contribution >= 0.6 is 0 Å². The topological polar surface area (TPSA) is 78.7 Å². The van der Waals surface area contributed by atoms with Crippen molar-refractivity contribution in [1.29, 1.82) is 0 Å². The van der Waals surface area contributed by atoms with Crippen LogP contribution in [0, 0.1) is 22.0 Å². The van der Waals surface area contributed by atoms with Crippen molar-refractivity contribution in [3.8, 4) is 0 Å². The van der Waals surface area contributed by atoms with Crippen LogP contribution in [0.15, 0.2) is 18.2 Å². The summed E-state index contributed by atoms with van der Waals surface area (Å²) >= 11 is 0. The molecule has 2 rings (SSSR count). The number of benzene rings is 1. The number of anilines is 1. The Bertz CT molecular complexity index is 625. The molecule has 0 radical (unpaired) electrons. The van der Waals surface area contributed by atoms with Gasteiger partial charge in [0.05, 0.1) is 4.92 Å². The van der Waals surface area contributed by atoms with Crippen molar-refractivity contribution in [3.05, 3.63) is 33.9 Å². The Hall–Kier alpha value is -2.15. The zero-order valence-electron chi connectivity index (χ0n) is 15.5. The Morgan fingerprint density at radius 2 is 2.00 bits per heavy atom. The van der Waals surface area contributed by atoms with E-state index in [0.29, 0.717) is 36.2 Å². The number of nitro benzene ring substituents is 1. The maximum Gasteiger partial charge on any atom is 0.293 e. The lowest BCUT2D eigenvalue weighted by Crippen LogP contribution is -2.39. The fourth-order valence-corrected chi connectivity index (χ4v) is 3.53. The molecule has 0 spiro atoms. The summed E-state index contributed by atoms with van der Waals surface area (Å²) in [4.78, 5) is 27.3. The lowest BCUT2D eigenvalue weighted by Gasteiger charge is -2.36. The fraction of sp³-hybridized carbons (Fsp3) is 0.611. The number of carbonyl (C=O) groups excluding carboxylic acids is 1. The molecule has 25 heavy (non-hydrogen) atoms. The molecule has 1 saturated heterocycles. The summed E-state index contributed by atoms with van der Waals surface area (Å²) in [7, 11) is 3.52. The van der Waals surface area contributed by atoms with Gasteiger partial charge in [0.1, 0.15) is 5.69 Å². The first-order chi connectivity index (χ1) is 11.8. The lowest BCUT2D eigenvalue weighted by atomic mass is 9.91. The molecule has 2 atom stereocenters. The number of rotatable bonds is 6. The molecule has 138 valence electrons. The van der Waals surface area contributed by atoms with Crippen LogP contribution in [-0.2, 0) is 0 Å². The van der Waals surface area contributed by atoms with Gasteiger partial charge >= 0.3 is 0 Å². The largest absolute Gasteiger partial charge is 0.365 e. The van der Waals surface area contributed by atoms with E-state index in [4.69, 9.17) is 0 Å². The summed E-state index contributed by atoms with van der Waals surface area (Å²) in [5, 5.41) is 14.6. The molecular formula is C18H28N4O3. The third-order valence-corrected chi connectivity index (χ3v) is 4.67. The average Bonchev–Trinajstić information content (AvgIpc) is 2.57. The number of likely N-dealkylation sites (N-methyl/N-ethyl adjacent to an activating group) is 2. The van der Waals surface area contributed by atoms with E-state index in [1.54, 1.807) is 24.1 Å². The van der Waals surface area contributed by atoms with Crippen LogP contribution in [-0.4, -0.2) is 56.0 Å². The number of nitro groups is 1. The number of hydrogen-bond acceptors (Lipinski definition) is 5. The Kier molecular flexibility index (Phi) is 6.36. The van der Waals surface area contributed by atoms with Gasteiger partial charge < -0.3 is 15.1 Å². The van der Waals surface area contributed by atoms with E-state index >= 15 is 0 Å².